The van der Waals surface area contributed by atoms with E-state index in [1.165, 1.54) is 11.3 Å². The van der Waals surface area contributed by atoms with E-state index in [4.69, 9.17) is 4.74 Å². The zero-order valence-electron chi connectivity index (χ0n) is 19.8. The molecule has 5 nitrogen and oxygen atoms in total. The van der Waals surface area contributed by atoms with Crippen LogP contribution in [0.3, 0.4) is 0 Å². The zero-order valence-corrected chi connectivity index (χ0v) is 20.6. The quantitative estimate of drug-likeness (QED) is 0.323. The number of carbonyl (C=O) groups is 4. The lowest BCUT2D eigenvalue weighted by molar-refractivity contribution is -0.0209. The molecule has 180 valence electrons. The van der Waals surface area contributed by atoms with E-state index in [1.807, 2.05) is 36.6 Å². The second kappa shape index (κ2) is 7.51. The van der Waals surface area contributed by atoms with Gasteiger partial charge in [-0.1, -0.05) is 84.4 Å². The molecule has 0 saturated carbocycles. The van der Waals surface area contributed by atoms with Gasteiger partial charge >= 0.3 is 0 Å². The highest BCUT2D eigenvalue weighted by Gasteiger charge is 2.79. The molecule has 2 aliphatic carbocycles. The predicted molar refractivity (Wildman–Crippen MR) is 137 cm³/mol. The molecule has 0 radical (unpaired) electrons. The first kappa shape index (κ1) is 22.2. The summed E-state index contributed by atoms with van der Waals surface area (Å²) in [5.41, 5.74) is -1.17. The first-order valence-corrected chi connectivity index (χ1v) is 13.0. The molecule has 1 aromatic heterocycles. The van der Waals surface area contributed by atoms with Crippen LogP contribution in [0.2, 0.25) is 0 Å². The van der Waals surface area contributed by atoms with E-state index in [0.29, 0.717) is 21.6 Å². The van der Waals surface area contributed by atoms with Gasteiger partial charge in [0.05, 0.1) is 5.92 Å². The molecule has 2 spiro atoms. The van der Waals surface area contributed by atoms with E-state index in [-0.39, 0.29) is 11.1 Å². The second-order valence-corrected chi connectivity index (χ2v) is 10.8. The Balaban J connectivity index is 1.58. The van der Waals surface area contributed by atoms with Gasteiger partial charge in [0.1, 0.15) is 11.5 Å². The lowest BCUT2D eigenvalue weighted by Crippen LogP contribution is -2.50. The lowest BCUT2D eigenvalue weighted by atomic mass is 9.61. The molecule has 3 aromatic carbocycles. The molecule has 2 atom stereocenters. The summed E-state index contributed by atoms with van der Waals surface area (Å²) in [7, 11) is 0. The summed E-state index contributed by atoms with van der Waals surface area (Å²) in [5, 5.41) is 1.82. The first-order valence-electron chi connectivity index (χ1n) is 12.1. The van der Waals surface area contributed by atoms with Crippen LogP contribution < -0.4 is 0 Å². The number of ketones is 4. The Morgan fingerprint density at radius 1 is 0.649 bits per heavy atom. The van der Waals surface area contributed by atoms with Crippen molar-refractivity contribution in [2.75, 3.05) is 0 Å². The van der Waals surface area contributed by atoms with Crippen LogP contribution in [0.5, 0.6) is 0 Å². The Labute approximate surface area is 216 Å². The van der Waals surface area contributed by atoms with Crippen molar-refractivity contribution in [3.8, 4) is 0 Å². The minimum atomic E-state index is -2.03. The Hall–Kier alpha value is -4.00. The van der Waals surface area contributed by atoms with E-state index in [2.05, 4.69) is 0 Å². The summed E-state index contributed by atoms with van der Waals surface area (Å²) in [6.45, 7) is 1.94. The SMILES string of the molecule is Cc1ccc([C@@H]2OC3(C(=O)c4ccccc4C3=O)[C@H](c3cccs3)C23C(=O)c2ccccc2C3=O)cc1. The highest BCUT2D eigenvalue weighted by atomic mass is 32.1. The Kier molecular flexibility index (Phi) is 4.51. The maximum Gasteiger partial charge on any atom is 0.204 e. The molecule has 4 aromatic rings. The van der Waals surface area contributed by atoms with E-state index < -0.39 is 46.2 Å². The van der Waals surface area contributed by atoms with Crippen molar-refractivity contribution in [2.24, 2.45) is 5.41 Å². The van der Waals surface area contributed by atoms with E-state index in [9.17, 15) is 19.2 Å². The molecule has 0 unspecified atom stereocenters. The van der Waals surface area contributed by atoms with Crippen molar-refractivity contribution in [1.82, 2.24) is 0 Å². The van der Waals surface area contributed by atoms with Crippen molar-refractivity contribution in [3.05, 3.63) is 129 Å². The number of hydrogen-bond acceptors (Lipinski definition) is 6. The normalized spacial score (nSPS) is 22.7. The van der Waals surface area contributed by atoms with Gasteiger partial charge in [-0.05, 0) is 23.9 Å². The number of aryl methyl sites for hydroxylation is 1. The van der Waals surface area contributed by atoms with Gasteiger partial charge in [0.2, 0.25) is 17.2 Å². The molecular formula is C31H20O5S. The van der Waals surface area contributed by atoms with Crippen molar-refractivity contribution >= 4 is 34.5 Å². The van der Waals surface area contributed by atoms with E-state index in [0.717, 1.165) is 5.56 Å². The predicted octanol–water partition coefficient (Wildman–Crippen LogP) is 5.80. The van der Waals surface area contributed by atoms with Crippen LogP contribution in [0.1, 0.15) is 69.5 Å². The number of rotatable bonds is 2. The Morgan fingerprint density at radius 3 is 1.65 bits per heavy atom. The van der Waals surface area contributed by atoms with Crippen LogP contribution >= 0.6 is 11.3 Å². The average molecular weight is 505 g/mol. The number of ether oxygens (including phenoxy) is 1. The molecule has 1 aliphatic heterocycles. The summed E-state index contributed by atoms with van der Waals surface area (Å²) in [6, 6.07) is 24.3. The fourth-order valence-electron chi connectivity index (χ4n) is 6.45. The highest BCUT2D eigenvalue weighted by Crippen LogP contribution is 2.68. The van der Waals surface area contributed by atoms with Gasteiger partial charge in [-0.3, -0.25) is 19.2 Å². The van der Waals surface area contributed by atoms with Crippen LogP contribution in [0.25, 0.3) is 0 Å². The highest BCUT2D eigenvalue weighted by molar-refractivity contribution is 7.10. The summed E-state index contributed by atoms with van der Waals surface area (Å²) < 4.78 is 6.66. The van der Waals surface area contributed by atoms with Crippen LogP contribution in [-0.2, 0) is 4.74 Å². The third-order valence-corrected chi connectivity index (χ3v) is 8.98. The molecule has 1 fully saturated rings. The largest absolute Gasteiger partial charge is 0.348 e. The van der Waals surface area contributed by atoms with Crippen molar-refractivity contribution in [2.45, 2.75) is 24.5 Å². The molecule has 6 heteroatoms. The maximum atomic E-state index is 14.5. The zero-order chi connectivity index (χ0) is 25.5. The minimum Gasteiger partial charge on any atom is -0.348 e. The van der Waals surface area contributed by atoms with Crippen LogP contribution in [0.4, 0.5) is 0 Å². The smallest absolute Gasteiger partial charge is 0.204 e. The molecule has 3 aliphatic rings. The van der Waals surface area contributed by atoms with Crippen molar-refractivity contribution in [1.29, 1.82) is 0 Å². The number of thiophene rings is 1. The van der Waals surface area contributed by atoms with Gasteiger partial charge in [0.15, 0.2) is 11.6 Å². The molecule has 1 saturated heterocycles. The standard InChI is InChI=1S/C31H20O5S/c1-17-12-14-18(15-13-17)29-30(25(32)19-7-2-3-8-20(19)26(30)33)24(23-11-6-16-37-23)31(36-29)27(34)21-9-4-5-10-22(21)28(31)35/h2-16,24,29H,1H3/t24-,29+/m1/s1. The average Bonchev–Trinajstić information content (AvgIpc) is 3.65. The maximum absolute atomic E-state index is 14.5. The molecule has 2 heterocycles. The van der Waals surface area contributed by atoms with Crippen LogP contribution in [-0.4, -0.2) is 28.7 Å². The van der Waals surface area contributed by atoms with Gasteiger partial charge in [0, 0.05) is 27.1 Å². The summed E-state index contributed by atoms with van der Waals surface area (Å²) in [4.78, 5) is 58.0. The number of fused-ring (bicyclic) bond motifs is 2. The topological polar surface area (TPSA) is 77.5 Å². The first-order chi connectivity index (χ1) is 17.9. The van der Waals surface area contributed by atoms with Gasteiger partial charge in [-0.2, -0.15) is 0 Å². The monoisotopic (exact) mass is 504 g/mol. The van der Waals surface area contributed by atoms with Crippen LogP contribution in [0, 0.1) is 12.3 Å². The van der Waals surface area contributed by atoms with E-state index >= 15 is 0 Å². The van der Waals surface area contributed by atoms with Crippen molar-refractivity contribution < 1.29 is 23.9 Å². The third-order valence-electron chi connectivity index (χ3n) is 8.05. The third kappa shape index (κ3) is 2.56. The second-order valence-electron chi connectivity index (χ2n) is 9.87. The van der Waals surface area contributed by atoms with E-state index in [1.54, 1.807) is 60.7 Å². The van der Waals surface area contributed by atoms with Crippen molar-refractivity contribution in [3.63, 3.8) is 0 Å². The van der Waals surface area contributed by atoms with Gasteiger partial charge in [-0.25, -0.2) is 0 Å². The number of carbonyl (C=O) groups excluding carboxylic acids is 4. The molecule has 0 bridgehead atoms. The molecule has 0 N–H and O–H groups in total. The minimum absolute atomic E-state index is 0.254. The summed E-state index contributed by atoms with van der Waals surface area (Å²) in [6.07, 6.45) is -1.13. The fourth-order valence-corrected chi connectivity index (χ4v) is 7.41. The number of benzene rings is 3. The van der Waals surface area contributed by atoms with Crippen LogP contribution in [0.15, 0.2) is 90.3 Å². The summed E-state index contributed by atoms with van der Waals surface area (Å²) >= 11 is 1.32. The summed E-state index contributed by atoms with van der Waals surface area (Å²) in [5.74, 6) is -2.95. The molecule has 7 rings (SSSR count). The molecule has 37 heavy (non-hydrogen) atoms. The molecular weight excluding hydrogens is 484 g/mol. The Bertz CT molecular complexity index is 1580. The molecule has 0 amide bonds. The van der Waals surface area contributed by atoms with Gasteiger partial charge in [-0.15, -0.1) is 11.3 Å². The number of hydrogen-bond donors (Lipinski definition) is 0. The van der Waals surface area contributed by atoms with Gasteiger partial charge in [0.25, 0.3) is 0 Å². The fraction of sp³-hybridized carbons (Fsp3) is 0.161. The Morgan fingerprint density at radius 2 is 1.16 bits per heavy atom. The lowest BCUT2D eigenvalue weighted by Gasteiger charge is -2.33. The number of Topliss-reactive ketones (excluding diaryl/α,β-unsaturated/α-hetero) is 4. The van der Waals surface area contributed by atoms with Gasteiger partial charge < -0.3 is 4.74 Å².